The molecule has 0 spiro atoms. The minimum absolute atomic E-state index is 0.320. The minimum Gasteiger partial charge on any atom is -0.493 e. The van der Waals surface area contributed by atoms with Crippen LogP contribution in [-0.2, 0) is 14.3 Å². The van der Waals surface area contributed by atoms with E-state index in [1.165, 1.54) is 4.90 Å². The fraction of sp³-hybridized carbons (Fsp3) is 0.286. The molecule has 0 fully saturated rings. The fourth-order valence-electron chi connectivity index (χ4n) is 2.48. The van der Waals surface area contributed by atoms with E-state index in [4.69, 9.17) is 9.47 Å². The Morgan fingerprint density at radius 2 is 1.64 bits per heavy atom. The Morgan fingerprint density at radius 3 is 2.29 bits per heavy atom. The lowest BCUT2D eigenvalue weighted by Crippen LogP contribution is -2.35. The number of amides is 2. The van der Waals surface area contributed by atoms with E-state index >= 15 is 0 Å². The molecule has 0 unspecified atom stereocenters. The molecule has 148 valence electrons. The summed E-state index contributed by atoms with van der Waals surface area (Å²) in [6.07, 6.45) is -1.07. The van der Waals surface area contributed by atoms with Crippen molar-refractivity contribution in [2.24, 2.45) is 0 Å². The molecule has 2 aromatic carbocycles. The van der Waals surface area contributed by atoms with E-state index in [1.807, 2.05) is 6.92 Å². The lowest BCUT2D eigenvalue weighted by Gasteiger charge is -2.21. The molecule has 1 N–H and O–H groups in total. The van der Waals surface area contributed by atoms with Gasteiger partial charge in [-0.3, -0.25) is 14.4 Å². The van der Waals surface area contributed by atoms with E-state index in [2.05, 4.69) is 5.32 Å². The Hall–Kier alpha value is -3.35. The number of rotatable bonds is 8. The molecule has 0 radical (unpaired) electrons. The summed E-state index contributed by atoms with van der Waals surface area (Å²) >= 11 is 0. The van der Waals surface area contributed by atoms with Crippen molar-refractivity contribution in [2.45, 2.75) is 13.0 Å². The van der Waals surface area contributed by atoms with Gasteiger partial charge in [0.25, 0.3) is 11.8 Å². The van der Waals surface area contributed by atoms with Crippen molar-refractivity contribution in [1.82, 2.24) is 10.2 Å². The molecule has 7 nitrogen and oxygen atoms in total. The predicted molar refractivity (Wildman–Crippen MR) is 104 cm³/mol. The second-order valence-corrected chi connectivity index (χ2v) is 6.13. The Bertz CT molecular complexity index is 821. The predicted octanol–water partition coefficient (Wildman–Crippen LogP) is 2.19. The first-order chi connectivity index (χ1) is 13.4. The van der Waals surface area contributed by atoms with Crippen molar-refractivity contribution in [2.75, 3.05) is 27.2 Å². The maximum absolute atomic E-state index is 12.4. The third-order valence-corrected chi connectivity index (χ3v) is 3.84. The number of hydrogen-bond acceptors (Lipinski definition) is 5. The number of carbonyl (C=O) groups excluding carboxylic acids is 3. The third-order valence-electron chi connectivity index (χ3n) is 3.84. The number of esters is 1. The second-order valence-electron chi connectivity index (χ2n) is 6.13. The molecule has 0 saturated carbocycles. The first kappa shape index (κ1) is 21.0. The fourth-order valence-corrected chi connectivity index (χ4v) is 2.48. The first-order valence-corrected chi connectivity index (χ1v) is 8.89. The van der Waals surface area contributed by atoms with Gasteiger partial charge in [0, 0.05) is 19.7 Å². The molecule has 2 rings (SSSR count). The Labute approximate surface area is 164 Å². The quantitative estimate of drug-likeness (QED) is 0.705. The SMILES string of the molecule is CCOc1ccccc1C(=O)NCC(=O)O[C@@H](C(=O)N(C)C)c1ccccc1. The van der Waals surface area contributed by atoms with Crippen molar-refractivity contribution in [3.8, 4) is 5.75 Å². The van der Waals surface area contributed by atoms with Gasteiger partial charge in [0.1, 0.15) is 12.3 Å². The summed E-state index contributed by atoms with van der Waals surface area (Å²) in [6.45, 7) is 1.86. The molecular weight excluding hydrogens is 360 g/mol. The number of hydrogen-bond donors (Lipinski definition) is 1. The van der Waals surface area contributed by atoms with Crippen molar-refractivity contribution >= 4 is 17.8 Å². The Morgan fingerprint density at radius 1 is 1.00 bits per heavy atom. The zero-order chi connectivity index (χ0) is 20.5. The van der Waals surface area contributed by atoms with Crippen LogP contribution in [0.5, 0.6) is 5.75 Å². The summed E-state index contributed by atoms with van der Waals surface area (Å²) in [5.41, 5.74) is 0.878. The van der Waals surface area contributed by atoms with Gasteiger partial charge in [-0.05, 0) is 19.1 Å². The number of nitrogens with zero attached hydrogens (tertiary/aromatic N) is 1. The zero-order valence-electron chi connectivity index (χ0n) is 16.2. The molecule has 0 saturated heterocycles. The van der Waals surface area contributed by atoms with Gasteiger partial charge in [-0.1, -0.05) is 42.5 Å². The van der Waals surface area contributed by atoms with Gasteiger partial charge in [0.05, 0.1) is 12.2 Å². The summed E-state index contributed by atoms with van der Waals surface area (Å²) < 4.78 is 10.8. The van der Waals surface area contributed by atoms with E-state index in [0.717, 1.165) is 0 Å². The molecule has 0 heterocycles. The highest BCUT2D eigenvalue weighted by molar-refractivity contribution is 5.98. The average Bonchev–Trinajstić information content (AvgIpc) is 2.71. The second kappa shape index (κ2) is 10.1. The van der Waals surface area contributed by atoms with Crippen LogP contribution in [0.2, 0.25) is 0 Å². The van der Waals surface area contributed by atoms with Gasteiger partial charge in [-0.25, -0.2) is 0 Å². The van der Waals surface area contributed by atoms with Gasteiger partial charge < -0.3 is 19.7 Å². The molecule has 0 aromatic heterocycles. The summed E-state index contributed by atoms with van der Waals surface area (Å²) in [6, 6.07) is 15.5. The lowest BCUT2D eigenvalue weighted by atomic mass is 10.1. The molecule has 0 bridgehead atoms. The smallest absolute Gasteiger partial charge is 0.326 e. The van der Waals surface area contributed by atoms with E-state index in [-0.39, 0.29) is 12.5 Å². The van der Waals surface area contributed by atoms with Gasteiger partial charge >= 0.3 is 5.97 Å². The van der Waals surface area contributed by atoms with Gasteiger partial charge in [0.2, 0.25) is 6.10 Å². The Kier molecular flexibility index (Phi) is 7.56. The van der Waals surface area contributed by atoms with Crippen LogP contribution < -0.4 is 10.1 Å². The summed E-state index contributed by atoms with van der Waals surface area (Å²) in [5, 5.41) is 2.50. The van der Waals surface area contributed by atoms with Gasteiger partial charge in [-0.15, -0.1) is 0 Å². The monoisotopic (exact) mass is 384 g/mol. The van der Waals surface area contributed by atoms with Gasteiger partial charge in [-0.2, -0.15) is 0 Å². The number of nitrogens with one attached hydrogen (secondary N) is 1. The standard InChI is InChI=1S/C21H24N2O5/c1-4-27-17-13-9-8-12-16(17)20(25)22-14-18(24)28-19(21(26)23(2)3)15-10-6-5-7-11-15/h5-13,19H,4,14H2,1-3H3,(H,22,25)/t19-/m1/s1. The summed E-state index contributed by atoms with van der Waals surface area (Å²) in [7, 11) is 3.16. The number of carbonyl (C=O) groups is 3. The van der Waals surface area contributed by atoms with Crippen LogP contribution in [0.25, 0.3) is 0 Å². The number of likely N-dealkylation sites (N-methyl/N-ethyl adjacent to an activating group) is 1. The molecule has 7 heteroatoms. The van der Waals surface area contributed by atoms with Crippen LogP contribution in [0.4, 0.5) is 0 Å². The normalized spacial score (nSPS) is 11.2. The van der Waals surface area contributed by atoms with Gasteiger partial charge in [0.15, 0.2) is 0 Å². The molecule has 28 heavy (non-hydrogen) atoms. The van der Waals surface area contributed by atoms with Crippen molar-refractivity contribution in [1.29, 1.82) is 0 Å². The highest BCUT2D eigenvalue weighted by Crippen LogP contribution is 2.20. The molecule has 1 atom stereocenters. The number of ether oxygens (including phenoxy) is 2. The maximum atomic E-state index is 12.4. The average molecular weight is 384 g/mol. The van der Waals surface area contributed by atoms with Crippen LogP contribution in [0, 0.1) is 0 Å². The van der Waals surface area contributed by atoms with Crippen molar-refractivity contribution < 1.29 is 23.9 Å². The van der Waals surface area contributed by atoms with E-state index < -0.39 is 18.0 Å². The third kappa shape index (κ3) is 5.57. The van der Waals surface area contributed by atoms with Crippen LogP contribution >= 0.6 is 0 Å². The lowest BCUT2D eigenvalue weighted by molar-refractivity contribution is -0.158. The van der Waals surface area contributed by atoms with Crippen LogP contribution in [-0.4, -0.2) is 49.9 Å². The number of para-hydroxylation sites is 1. The van der Waals surface area contributed by atoms with Crippen molar-refractivity contribution in [3.63, 3.8) is 0 Å². The molecular formula is C21H24N2O5. The van der Waals surface area contributed by atoms with E-state index in [0.29, 0.717) is 23.5 Å². The Balaban J connectivity index is 2.03. The van der Waals surface area contributed by atoms with Crippen LogP contribution in [0.1, 0.15) is 28.9 Å². The van der Waals surface area contributed by atoms with E-state index in [9.17, 15) is 14.4 Å². The molecule has 0 aliphatic heterocycles. The molecule has 0 aliphatic carbocycles. The van der Waals surface area contributed by atoms with E-state index in [1.54, 1.807) is 68.7 Å². The molecule has 0 aliphatic rings. The molecule has 2 amide bonds. The topological polar surface area (TPSA) is 84.9 Å². The molecule has 2 aromatic rings. The zero-order valence-corrected chi connectivity index (χ0v) is 16.2. The first-order valence-electron chi connectivity index (χ1n) is 8.89. The summed E-state index contributed by atoms with van der Waals surface area (Å²) in [5.74, 6) is -1.11. The highest BCUT2D eigenvalue weighted by atomic mass is 16.5. The van der Waals surface area contributed by atoms with Crippen LogP contribution in [0.3, 0.4) is 0 Å². The van der Waals surface area contributed by atoms with Crippen LogP contribution in [0.15, 0.2) is 54.6 Å². The van der Waals surface area contributed by atoms with Crippen molar-refractivity contribution in [3.05, 3.63) is 65.7 Å². The minimum atomic E-state index is -1.07. The highest BCUT2D eigenvalue weighted by Gasteiger charge is 2.26. The number of benzene rings is 2. The summed E-state index contributed by atoms with van der Waals surface area (Å²) in [4.78, 5) is 38.4. The largest absolute Gasteiger partial charge is 0.493 e. The maximum Gasteiger partial charge on any atom is 0.326 e.